The lowest BCUT2D eigenvalue weighted by molar-refractivity contribution is -0.0512. The summed E-state index contributed by atoms with van der Waals surface area (Å²) in [6.07, 6.45) is 2.71. The van der Waals surface area contributed by atoms with E-state index in [1.165, 1.54) is 25.4 Å². The SMILES string of the molecule is CCC1SC(=O)N(C(N)c2ccc(C(=O)c3cccnc3)cc2)N=C1c1ccc(OC)c(OC(F)F)c1. The predicted molar refractivity (Wildman–Crippen MR) is 136 cm³/mol. The number of alkyl halides is 2. The van der Waals surface area contributed by atoms with E-state index in [4.69, 9.17) is 10.5 Å². The highest BCUT2D eigenvalue weighted by Crippen LogP contribution is 2.35. The number of ketones is 1. The van der Waals surface area contributed by atoms with E-state index in [1.807, 2.05) is 6.92 Å². The van der Waals surface area contributed by atoms with Crippen LogP contribution in [0.25, 0.3) is 0 Å². The smallest absolute Gasteiger partial charge is 0.387 e. The Morgan fingerprint density at radius 2 is 1.89 bits per heavy atom. The molecule has 11 heteroatoms. The Labute approximate surface area is 216 Å². The maximum Gasteiger partial charge on any atom is 0.387 e. The quantitative estimate of drug-likeness (QED) is 0.381. The zero-order chi connectivity index (χ0) is 26.5. The van der Waals surface area contributed by atoms with E-state index in [0.717, 1.165) is 16.8 Å². The first-order valence-electron chi connectivity index (χ1n) is 11.3. The monoisotopic (exact) mass is 526 g/mol. The molecule has 1 aromatic heterocycles. The zero-order valence-corrected chi connectivity index (χ0v) is 20.8. The number of amides is 1. The predicted octanol–water partition coefficient (Wildman–Crippen LogP) is 5.23. The van der Waals surface area contributed by atoms with Gasteiger partial charge in [-0.3, -0.25) is 14.6 Å². The fourth-order valence-corrected chi connectivity index (χ4v) is 4.78. The van der Waals surface area contributed by atoms with Crippen LogP contribution in [0.5, 0.6) is 11.5 Å². The third-order valence-electron chi connectivity index (χ3n) is 5.70. The first kappa shape index (κ1) is 26.2. The van der Waals surface area contributed by atoms with Gasteiger partial charge in [-0.2, -0.15) is 13.9 Å². The van der Waals surface area contributed by atoms with Crippen molar-refractivity contribution < 1.29 is 27.8 Å². The van der Waals surface area contributed by atoms with Crippen LogP contribution in [-0.4, -0.2) is 45.7 Å². The summed E-state index contributed by atoms with van der Waals surface area (Å²) in [7, 11) is 1.35. The van der Waals surface area contributed by atoms with Gasteiger partial charge >= 0.3 is 11.9 Å². The number of hydrogen-bond donors (Lipinski definition) is 1. The number of thioether (sulfide) groups is 1. The van der Waals surface area contributed by atoms with Gasteiger partial charge in [-0.25, -0.2) is 5.01 Å². The highest BCUT2D eigenvalue weighted by Gasteiger charge is 2.34. The minimum atomic E-state index is -3.03. The summed E-state index contributed by atoms with van der Waals surface area (Å²) in [6, 6.07) is 14.5. The Hall–Kier alpha value is -3.83. The van der Waals surface area contributed by atoms with Crippen LogP contribution in [0.4, 0.5) is 13.6 Å². The Morgan fingerprint density at radius 1 is 1.14 bits per heavy atom. The van der Waals surface area contributed by atoms with Crippen molar-refractivity contribution in [2.75, 3.05) is 7.11 Å². The number of hydrogen-bond acceptors (Lipinski definition) is 8. The van der Waals surface area contributed by atoms with Crippen LogP contribution in [0.2, 0.25) is 0 Å². The lowest BCUT2D eigenvalue weighted by atomic mass is 10.0. The molecule has 8 nitrogen and oxygen atoms in total. The molecule has 0 fully saturated rings. The Morgan fingerprint density at radius 3 is 2.51 bits per heavy atom. The van der Waals surface area contributed by atoms with Crippen molar-refractivity contribution in [2.45, 2.75) is 31.4 Å². The summed E-state index contributed by atoms with van der Waals surface area (Å²) in [5.74, 6) is -0.184. The number of ether oxygens (including phenoxy) is 2. The molecule has 3 aromatic rings. The summed E-state index contributed by atoms with van der Waals surface area (Å²) in [4.78, 5) is 29.6. The van der Waals surface area contributed by atoms with Crippen molar-refractivity contribution >= 4 is 28.5 Å². The average Bonchev–Trinajstić information content (AvgIpc) is 2.92. The van der Waals surface area contributed by atoms with Crippen molar-refractivity contribution in [1.29, 1.82) is 0 Å². The Kier molecular flexibility index (Phi) is 8.14. The molecule has 0 saturated carbocycles. The first-order valence-corrected chi connectivity index (χ1v) is 12.2. The second kappa shape index (κ2) is 11.5. The molecule has 4 rings (SSSR count). The average molecular weight is 527 g/mol. The molecular weight excluding hydrogens is 502 g/mol. The topological polar surface area (TPSA) is 107 Å². The van der Waals surface area contributed by atoms with Crippen molar-refractivity contribution in [3.63, 3.8) is 0 Å². The van der Waals surface area contributed by atoms with Crippen molar-refractivity contribution in [3.8, 4) is 11.5 Å². The third kappa shape index (κ3) is 5.78. The number of pyridine rings is 1. The Bertz CT molecular complexity index is 1310. The van der Waals surface area contributed by atoms with E-state index >= 15 is 0 Å². The van der Waals surface area contributed by atoms with Gasteiger partial charge in [0.2, 0.25) is 0 Å². The number of nitrogens with two attached hydrogens (primary N) is 1. The molecule has 1 aliphatic heterocycles. The number of halogens is 2. The van der Waals surface area contributed by atoms with Crippen LogP contribution in [0.15, 0.2) is 72.1 Å². The second-order valence-corrected chi connectivity index (χ2v) is 9.15. The summed E-state index contributed by atoms with van der Waals surface area (Å²) in [5, 5.41) is 5.03. The minimum Gasteiger partial charge on any atom is -0.493 e. The van der Waals surface area contributed by atoms with Gasteiger partial charge in [0.1, 0.15) is 6.17 Å². The number of rotatable bonds is 9. The molecule has 0 radical (unpaired) electrons. The van der Waals surface area contributed by atoms with Crippen molar-refractivity contribution in [2.24, 2.45) is 10.8 Å². The van der Waals surface area contributed by atoms with Gasteiger partial charge < -0.3 is 15.2 Å². The fourth-order valence-electron chi connectivity index (χ4n) is 3.81. The molecule has 0 saturated heterocycles. The highest BCUT2D eigenvalue weighted by molar-refractivity contribution is 8.14. The summed E-state index contributed by atoms with van der Waals surface area (Å²) < 4.78 is 35.6. The van der Waals surface area contributed by atoms with Crippen LogP contribution in [-0.2, 0) is 0 Å². The van der Waals surface area contributed by atoms with Gasteiger partial charge in [0.15, 0.2) is 17.3 Å². The highest BCUT2D eigenvalue weighted by atomic mass is 32.2. The number of methoxy groups -OCH3 is 1. The molecule has 0 spiro atoms. The minimum absolute atomic E-state index is 0.140. The van der Waals surface area contributed by atoms with Gasteiger partial charge in [-0.1, -0.05) is 43.0 Å². The molecule has 192 valence electrons. The van der Waals surface area contributed by atoms with E-state index < -0.39 is 12.8 Å². The van der Waals surface area contributed by atoms with Gasteiger partial charge in [0.25, 0.3) is 0 Å². The second-order valence-electron chi connectivity index (χ2n) is 7.99. The van der Waals surface area contributed by atoms with Gasteiger partial charge in [0, 0.05) is 29.1 Å². The van der Waals surface area contributed by atoms with Crippen molar-refractivity contribution in [3.05, 3.63) is 89.2 Å². The number of nitrogens with zero attached hydrogens (tertiary/aromatic N) is 3. The maximum absolute atomic E-state index is 12.9. The molecule has 2 aromatic carbocycles. The molecule has 2 heterocycles. The number of hydrazone groups is 1. The van der Waals surface area contributed by atoms with Crippen LogP contribution in [0.3, 0.4) is 0 Å². The summed E-state index contributed by atoms with van der Waals surface area (Å²) in [6.45, 7) is -1.14. The van der Waals surface area contributed by atoms with E-state index in [9.17, 15) is 18.4 Å². The molecule has 1 amide bonds. The fraction of sp³-hybridized carbons (Fsp3) is 0.231. The van der Waals surface area contributed by atoms with Crippen LogP contribution in [0, 0.1) is 0 Å². The zero-order valence-electron chi connectivity index (χ0n) is 20.0. The normalized spacial score (nSPS) is 16.4. The molecule has 1 aliphatic rings. The molecular formula is C26H24F2N4O4S. The van der Waals surface area contributed by atoms with Gasteiger partial charge in [0.05, 0.1) is 18.1 Å². The van der Waals surface area contributed by atoms with Gasteiger partial charge in [-0.05, 0) is 42.3 Å². The number of carbonyl (C=O) groups excluding carboxylic acids is 2. The van der Waals surface area contributed by atoms with Gasteiger partial charge in [-0.15, -0.1) is 0 Å². The molecule has 2 unspecified atom stereocenters. The van der Waals surface area contributed by atoms with Crippen LogP contribution < -0.4 is 15.2 Å². The number of benzene rings is 2. The molecule has 0 bridgehead atoms. The van der Waals surface area contributed by atoms with Crippen LogP contribution >= 0.6 is 11.8 Å². The number of aromatic nitrogens is 1. The summed E-state index contributed by atoms with van der Waals surface area (Å²) >= 11 is 1.05. The van der Waals surface area contributed by atoms with Crippen LogP contribution in [0.1, 0.15) is 46.6 Å². The largest absolute Gasteiger partial charge is 0.493 e. The van der Waals surface area contributed by atoms with Crippen molar-refractivity contribution in [1.82, 2.24) is 9.99 Å². The first-order chi connectivity index (χ1) is 17.8. The Balaban J connectivity index is 1.63. The summed E-state index contributed by atoms with van der Waals surface area (Å²) in [5.41, 5.74) is 8.87. The number of carbonyl (C=O) groups is 2. The lowest BCUT2D eigenvalue weighted by Crippen LogP contribution is -2.40. The standard InChI is InChI=1S/C26H24F2N4O4S/c1-3-21-22(17-10-11-19(35-2)20(13-17)36-25(27)28)31-32(26(34)37-21)24(29)16-8-6-15(7-9-16)23(33)18-5-4-12-30-14-18/h4-14,21,24-25H,3,29H2,1-2H3. The molecule has 2 N–H and O–H groups in total. The van der Waals surface area contributed by atoms with E-state index in [0.29, 0.717) is 34.4 Å². The molecule has 2 atom stereocenters. The van der Waals surface area contributed by atoms with E-state index in [1.54, 1.807) is 48.7 Å². The van der Waals surface area contributed by atoms with E-state index in [-0.39, 0.29) is 27.8 Å². The maximum atomic E-state index is 12.9. The lowest BCUT2D eigenvalue weighted by Gasteiger charge is -2.32. The third-order valence-corrected chi connectivity index (χ3v) is 6.93. The molecule has 37 heavy (non-hydrogen) atoms. The van der Waals surface area contributed by atoms with E-state index in [2.05, 4.69) is 14.8 Å². The molecule has 0 aliphatic carbocycles.